The van der Waals surface area contributed by atoms with Crippen LogP contribution in [0.2, 0.25) is 0 Å². The molecule has 1 aromatic rings. The fourth-order valence-corrected chi connectivity index (χ4v) is 4.97. The van der Waals surface area contributed by atoms with Gasteiger partial charge in [-0.25, -0.2) is 28.8 Å². The molecule has 0 aromatic carbocycles. The molecule has 1 aliphatic heterocycles. The molecular formula is C13H14N3O9S3+. The van der Waals surface area contributed by atoms with Crippen LogP contribution in [0.5, 0.6) is 0 Å². The van der Waals surface area contributed by atoms with Crippen LogP contribution in [-0.4, -0.2) is 50.5 Å². The summed E-state index contributed by atoms with van der Waals surface area (Å²) in [4.78, 5) is 53.8. The SMILES string of the molecule is O=C(CCCSSc1ccc([N+](=O)[O-])cn1)O[N+]1(S(=O)(=O)O)C(=O)CCC1=O. The standard InChI is InChI=1S/C13H13N3O9S3/c17-11-5-6-12(18)16(11,28(22,23)24)25-13(19)2-1-7-26-27-10-4-3-9(8-14-10)15(20)21/h3-4,8H,1-2,5-7H2/p+1. The number of nitrogens with zero attached hydrogens (tertiary/aromatic N) is 3. The number of hydrogen-bond donors (Lipinski definition) is 1. The maximum absolute atomic E-state index is 11.9. The van der Waals surface area contributed by atoms with E-state index in [9.17, 15) is 37.5 Å². The Hall–Kier alpha value is -2.07. The van der Waals surface area contributed by atoms with Crippen LogP contribution in [0, 0.1) is 10.1 Å². The Morgan fingerprint density at radius 1 is 1.32 bits per heavy atom. The van der Waals surface area contributed by atoms with E-state index in [1.807, 2.05) is 0 Å². The third kappa shape index (κ3) is 4.85. The zero-order valence-electron chi connectivity index (χ0n) is 14.0. The Bertz CT molecular complexity index is 886. The molecule has 2 heterocycles. The molecule has 1 fully saturated rings. The van der Waals surface area contributed by atoms with Crippen molar-refractivity contribution in [3.05, 3.63) is 28.4 Å². The summed E-state index contributed by atoms with van der Waals surface area (Å²) >= 11 is 0. The third-order valence-electron chi connectivity index (χ3n) is 3.45. The molecule has 1 saturated heterocycles. The smallest absolute Gasteiger partial charge is 0.258 e. The minimum atomic E-state index is -5.31. The molecule has 152 valence electrons. The number of carbonyl (C=O) groups excluding carboxylic acids is 3. The van der Waals surface area contributed by atoms with Gasteiger partial charge in [-0.3, -0.25) is 10.1 Å². The molecule has 0 unspecified atom stereocenters. The number of amides is 2. The molecule has 0 radical (unpaired) electrons. The highest BCUT2D eigenvalue weighted by Gasteiger charge is 2.65. The second-order valence-electron chi connectivity index (χ2n) is 5.37. The first kappa shape index (κ1) is 22.2. The molecule has 15 heteroatoms. The third-order valence-corrected chi connectivity index (χ3v) is 6.93. The number of aromatic nitrogens is 1. The van der Waals surface area contributed by atoms with Gasteiger partial charge in [-0.1, -0.05) is 10.8 Å². The van der Waals surface area contributed by atoms with Crippen molar-refractivity contribution in [3.63, 3.8) is 0 Å². The van der Waals surface area contributed by atoms with Gasteiger partial charge >= 0.3 is 28.1 Å². The minimum absolute atomic E-state index is 0.140. The van der Waals surface area contributed by atoms with Gasteiger partial charge in [0.15, 0.2) is 0 Å². The van der Waals surface area contributed by atoms with E-state index in [0.717, 1.165) is 6.20 Å². The zero-order valence-corrected chi connectivity index (χ0v) is 16.5. The van der Waals surface area contributed by atoms with Crippen molar-refractivity contribution in [2.75, 3.05) is 5.75 Å². The summed E-state index contributed by atoms with van der Waals surface area (Å²) in [7, 11) is -2.82. The van der Waals surface area contributed by atoms with Gasteiger partial charge in [0.2, 0.25) is 0 Å². The van der Waals surface area contributed by atoms with Crippen LogP contribution in [0.1, 0.15) is 25.7 Å². The lowest BCUT2D eigenvalue weighted by atomic mass is 10.3. The van der Waals surface area contributed by atoms with Gasteiger partial charge in [0.05, 0.1) is 24.2 Å². The second-order valence-corrected chi connectivity index (χ2v) is 9.22. The highest BCUT2D eigenvalue weighted by Crippen LogP contribution is 2.31. The predicted molar refractivity (Wildman–Crippen MR) is 95.6 cm³/mol. The van der Waals surface area contributed by atoms with Gasteiger partial charge in [0.25, 0.3) is 5.69 Å². The molecule has 12 nitrogen and oxygen atoms in total. The summed E-state index contributed by atoms with van der Waals surface area (Å²) in [5.74, 6) is -3.18. The van der Waals surface area contributed by atoms with E-state index < -0.39 is 49.9 Å². The molecular weight excluding hydrogens is 438 g/mol. The predicted octanol–water partition coefficient (Wildman–Crippen LogP) is 1.44. The van der Waals surface area contributed by atoms with Crippen molar-refractivity contribution < 1.29 is 41.2 Å². The quantitative estimate of drug-likeness (QED) is 0.109. The molecule has 2 rings (SSSR count). The summed E-state index contributed by atoms with van der Waals surface area (Å²) in [5.41, 5.74) is -0.140. The Balaban J connectivity index is 1.81. The molecule has 0 bridgehead atoms. The lowest BCUT2D eigenvalue weighted by Crippen LogP contribution is -2.57. The number of rotatable bonds is 9. The van der Waals surface area contributed by atoms with Gasteiger partial charge < -0.3 is 0 Å². The summed E-state index contributed by atoms with van der Waals surface area (Å²) in [6, 6.07) is 2.77. The normalized spacial score (nSPS) is 16.2. The van der Waals surface area contributed by atoms with Gasteiger partial charge in [0, 0.05) is 11.8 Å². The molecule has 1 aromatic heterocycles. The van der Waals surface area contributed by atoms with E-state index in [-0.39, 0.29) is 18.5 Å². The van der Waals surface area contributed by atoms with E-state index >= 15 is 0 Å². The topological polar surface area (TPSA) is 171 Å². The molecule has 0 saturated carbocycles. The number of quaternary nitrogens is 1. The van der Waals surface area contributed by atoms with Crippen LogP contribution < -0.4 is 0 Å². The van der Waals surface area contributed by atoms with Crippen LogP contribution in [0.25, 0.3) is 0 Å². The molecule has 2 amide bonds. The highest BCUT2D eigenvalue weighted by molar-refractivity contribution is 8.76. The first-order chi connectivity index (χ1) is 13.1. The molecule has 1 N–H and O–H groups in total. The van der Waals surface area contributed by atoms with Gasteiger partial charge in [-0.05, 0) is 23.3 Å². The highest BCUT2D eigenvalue weighted by atomic mass is 33.1. The van der Waals surface area contributed by atoms with Gasteiger partial charge in [-0.15, -0.1) is 8.42 Å². The van der Waals surface area contributed by atoms with Crippen molar-refractivity contribution in [2.24, 2.45) is 0 Å². The minimum Gasteiger partial charge on any atom is -0.258 e. The van der Waals surface area contributed by atoms with E-state index in [0.29, 0.717) is 10.8 Å². The van der Waals surface area contributed by atoms with Crippen LogP contribution in [0.3, 0.4) is 0 Å². The van der Waals surface area contributed by atoms with Crippen molar-refractivity contribution >= 4 is 55.4 Å². The van der Waals surface area contributed by atoms with Gasteiger partial charge in [-0.2, -0.15) is 0 Å². The monoisotopic (exact) mass is 452 g/mol. The van der Waals surface area contributed by atoms with E-state index in [1.165, 1.54) is 33.7 Å². The average molecular weight is 452 g/mol. The average Bonchev–Trinajstić information content (AvgIpc) is 2.90. The number of nitro groups is 1. The number of imide groups is 1. The molecule has 0 atom stereocenters. The van der Waals surface area contributed by atoms with Crippen molar-refractivity contribution in [3.8, 4) is 0 Å². The van der Waals surface area contributed by atoms with Crippen LogP contribution in [-0.2, 0) is 29.5 Å². The first-order valence-corrected chi connectivity index (χ1v) is 11.4. The Labute approximate surface area is 166 Å². The Kier molecular flexibility index (Phi) is 7.11. The van der Waals surface area contributed by atoms with Crippen molar-refractivity contribution in [2.45, 2.75) is 30.7 Å². The summed E-state index contributed by atoms with van der Waals surface area (Å²) in [6.45, 7) is 0. The summed E-state index contributed by atoms with van der Waals surface area (Å²) in [5, 5.41) is 11.1. The zero-order chi connectivity index (χ0) is 20.9. The van der Waals surface area contributed by atoms with Gasteiger partial charge in [0.1, 0.15) is 15.3 Å². The molecule has 28 heavy (non-hydrogen) atoms. The fourth-order valence-electron chi connectivity index (χ4n) is 2.15. The van der Waals surface area contributed by atoms with E-state index in [4.69, 9.17) is 0 Å². The number of carbonyl (C=O) groups is 3. The molecule has 1 aliphatic rings. The van der Waals surface area contributed by atoms with E-state index in [2.05, 4.69) is 9.82 Å². The number of hydroxylamine groups is 2. The largest absolute Gasteiger partial charge is 0.488 e. The van der Waals surface area contributed by atoms with Crippen LogP contribution in [0.4, 0.5) is 5.69 Å². The van der Waals surface area contributed by atoms with Crippen LogP contribution in [0.15, 0.2) is 23.4 Å². The maximum atomic E-state index is 11.9. The summed E-state index contributed by atoms with van der Waals surface area (Å²) in [6.07, 6.45) is 0.124. The Morgan fingerprint density at radius 3 is 2.46 bits per heavy atom. The van der Waals surface area contributed by atoms with Crippen LogP contribution >= 0.6 is 21.6 Å². The molecule has 0 aliphatic carbocycles. The van der Waals surface area contributed by atoms with Crippen molar-refractivity contribution in [1.29, 1.82) is 0 Å². The second kappa shape index (κ2) is 8.95. The maximum Gasteiger partial charge on any atom is 0.488 e. The lowest BCUT2D eigenvalue weighted by Gasteiger charge is -2.20. The summed E-state index contributed by atoms with van der Waals surface area (Å²) < 4.78 is 29.8. The number of hydrogen-bond acceptors (Lipinski definition) is 11. The molecule has 0 spiro atoms. The van der Waals surface area contributed by atoms with E-state index in [1.54, 1.807) is 0 Å². The lowest BCUT2D eigenvalue weighted by molar-refractivity contribution is -0.853. The number of pyridine rings is 1. The fraction of sp³-hybridized carbons (Fsp3) is 0.385. The van der Waals surface area contributed by atoms with Crippen molar-refractivity contribution in [1.82, 2.24) is 4.98 Å². The first-order valence-electron chi connectivity index (χ1n) is 7.63. The Morgan fingerprint density at radius 2 is 1.96 bits per heavy atom.